The Morgan fingerprint density at radius 1 is 1.41 bits per heavy atom. The van der Waals surface area contributed by atoms with Crippen LogP contribution in [0.1, 0.15) is 47.8 Å². The number of carbonyl (C=O) groups excluding carboxylic acids is 1. The lowest BCUT2D eigenvalue weighted by molar-refractivity contribution is 0.0888. The van der Waals surface area contributed by atoms with Crippen LogP contribution in [0.4, 0.5) is 0 Å². The summed E-state index contributed by atoms with van der Waals surface area (Å²) in [5.74, 6) is 1.10. The third kappa shape index (κ3) is 2.54. The Hall–Kier alpha value is -2.44. The number of nitrogens with one attached hydrogen (secondary N) is 1. The summed E-state index contributed by atoms with van der Waals surface area (Å²) in [6.07, 6.45) is 5.19. The molecule has 1 saturated carbocycles. The smallest absolute Gasteiger partial charge is 0.257 e. The van der Waals surface area contributed by atoms with Gasteiger partial charge in [-0.1, -0.05) is 18.0 Å². The maximum Gasteiger partial charge on any atom is 0.257 e. The minimum absolute atomic E-state index is 0.241. The first-order chi connectivity index (χ1) is 10.6. The molecule has 0 bridgehead atoms. The van der Waals surface area contributed by atoms with Gasteiger partial charge in [0.15, 0.2) is 5.82 Å². The molecule has 3 rings (SSSR count). The van der Waals surface area contributed by atoms with Gasteiger partial charge < -0.3 is 14.6 Å². The molecule has 0 saturated heterocycles. The minimum atomic E-state index is -0.574. The van der Waals surface area contributed by atoms with Crippen molar-refractivity contribution >= 4 is 5.91 Å². The van der Waals surface area contributed by atoms with Gasteiger partial charge in [0.2, 0.25) is 11.8 Å². The molecular weight excluding hydrogens is 284 g/mol. The predicted molar refractivity (Wildman–Crippen MR) is 77.4 cm³/mol. The molecular formula is C15H18N4O3. The molecule has 1 N–H and O–H groups in total. The first kappa shape index (κ1) is 14.5. The van der Waals surface area contributed by atoms with E-state index >= 15 is 0 Å². The number of rotatable bonds is 4. The van der Waals surface area contributed by atoms with E-state index in [9.17, 15) is 4.79 Å². The second kappa shape index (κ2) is 5.75. The Balaban J connectivity index is 1.90. The van der Waals surface area contributed by atoms with E-state index in [1.165, 1.54) is 7.11 Å². The van der Waals surface area contributed by atoms with Crippen molar-refractivity contribution < 1.29 is 14.1 Å². The van der Waals surface area contributed by atoms with E-state index < -0.39 is 5.54 Å². The zero-order chi connectivity index (χ0) is 15.6. The van der Waals surface area contributed by atoms with Crippen molar-refractivity contribution in [1.82, 2.24) is 20.4 Å². The standard InChI is InChI=1S/C15H18N4O3/c1-10-17-14(19-22-10)15(7-3-4-8-15)18-12(20)11-6-5-9-16-13(11)21-2/h5-6,9H,3-4,7-8H2,1-2H3,(H,18,20). The number of aryl methyl sites for hydroxylation is 1. The fourth-order valence-electron chi connectivity index (χ4n) is 2.89. The molecule has 0 atom stereocenters. The van der Waals surface area contributed by atoms with Crippen molar-refractivity contribution in [1.29, 1.82) is 0 Å². The van der Waals surface area contributed by atoms with Crippen molar-refractivity contribution in [3.63, 3.8) is 0 Å². The topological polar surface area (TPSA) is 90.1 Å². The Morgan fingerprint density at radius 2 is 2.18 bits per heavy atom. The van der Waals surface area contributed by atoms with Crippen molar-refractivity contribution in [2.45, 2.75) is 38.1 Å². The summed E-state index contributed by atoms with van der Waals surface area (Å²) in [6.45, 7) is 1.74. The highest BCUT2D eigenvalue weighted by atomic mass is 16.5. The molecule has 22 heavy (non-hydrogen) atoms. The van der Waals surface area contributed by atoms with Crippen molar-refractivity contribution in [2.24, 2.45) is 0 Å². The van der Waals surface area contributed by atoms with Crippen LogP contribution in [0.25, 0.3) is 0 Å². The monoisotopic (exact) mass is 302 g/mol. The molecule has 0 unspecified atom stereocenters. The molecule has 0 aliphatic heterocycles. The second-order valence-electron chi connectivity index (χ2n) is 5.44. The minimum Gasteiger partial charge on any atom is -0.480 e. The first-order valence-electron chi connectivity index (χ1n) is 7.27. The van der Waals surface area contributed by atoms with Crippen LogP contribution in [0.5, 0.6) is 5.88 Å². The van der Waals surface area contributed by atoms with Crippen molar-refractivity contribution in [3.05, 3.63) is 35.6 Å². The summed E-state index contributed by atoms with van der Waals surface area (Å²) in [5.41, 5.74) is -0.174. The highest BCUT2D eigenvalue weighted by Crippen LogP contribution is 2.37. The number of hydrogen-bond acceptors (Lipinski definition) is 6. The normalized spacial score (nSPS) is 16.5. The van der Waals surface area contributed by atoms with Crippen molar-refractivity contribution in [2.75, 3.05) is 7.11 Å². The van der Waals surface area contributed by atoms with Crippen LogP contribution < -0.4 is 10.1 Å². The SMILES string of the molecule is COc1ncccc1C(=O)NC1(c2noc(C)n2)CCCC1. The molecule has 7 nitrogen and oxygen atoms in total. The van der Waals surface area contributed by atoms with E-state index in [0.717, 1.165) is 25.7 Å². The fourth-order valence-corrected chi connectivity index (χ4v) is 2.89. The van der Waals surface area contributed by atoms with E-state index in [-0.39, 0.29) is 5.91 Å². The Labute approximate surface area is 128 Å². The van der Waals surface area contributed by atoms with E-state index in [0.29, 0.717) is 23.2 Å². The molecule has 1 aliphatic rings. The Kier molecular flexibility index (Phi) is 3.79. The summed E-state index contributed by atoms with van der Waals surface area (Å²) in [6, 6.07) is 3.39. The molecule has 1 amide bonds. The molecule has 1 aliphatic carbocycles. The molecule has 0 spiro atoms. The number of hydrogen-bond donors (Lipinski definition) is 1. The third-order valence-corrected chi connectivity index (χ3v) is 3.97. The number of aromatic nitrogens is 3. The van der Waals surface area contributed by atoms with Crippen LogP contribution in [0.15, 0.2) is 22.9 Å². The van der Waals surface area contributed by atoms with Crippen LogP contribution in [0.2, 0.25) is 0 Å². The quantitative estimate of drug-likeness (QED) is 0.928. The maximum absolute atomic E-state index is 12.6. The second-order valence-corrected chi connectivity index (χ2v) is 5.44. The predicted octanol–water partition coefficient (Wildman–Crippen LogP) is 1.98. The van der Waals surface area contributed by atoms with Gasteiger partial charge in [0.05, 0.1) is 7.11 Å². The fraction of sp³-hybridized carbons (Fsp3) is 0.467. The van der Waals surface area contributed by atoms with E-state index in [4.69, 9.17) is 9.26 Å². The number of methoxy groups -OCH3 is 1. The van der Waals surface area contributed by atoms with Gasteiger partial charge in [0.25, 0.3) is 5.91 Å². The molecule has 1 fully saturated rings. The summed E-state index contributed by atoms with van der Waals surface area (Å²) in [7, 11) is 1.49. The molecule has 2 aromatic rings. The van der Waals surface area contributed by atoms with Gasteiger partial charge in [-0.3, -0.25) is 4.79 Å². The summed E-state index contributed by atoms with van der Waals surface area (Å²) < 4.78 is 10.2. The molecule has 2 aromatic heterocycles. The van der Waals surface area contributed by atoms with Crippen LogP contribution in [0, 0.1) is 6.92 Å². The largest absolute Gasteiger partial charge is 0.480 e. The molecule has 7 heteroatoms. The van der Waals surface area contributed by atoms with Crippen LogP contribution in [0.3, 0.4) is 0 Å². The van der Waals surface area contributed by atoms with E-state index in [1.807, 2.05) is 0 Å². The lowest BCUT2D eigenvalue weighted by Gasteiger charge is -2.26. The maximum atomic E-state index is 12.6. The van der Waals surface area contributed by atoms with Gasteiger partial charge in [-0.2, -0.15) is 4.98 Å². The highest BCUT2D eigenvalue weighted by Gasteiger charge is 2.41. The summed E-state index contributed by atoms with van der Waals surface area (Å²) in [4.78, 5) is 21.0. The summed E-state index contributed by atoms with van der Waals surface area (Å²) >= 11 is 0. The van der Waals surface area contributed by atoms with Crippen LogP contribution >= 0.6 is 0 Å². The van der Waals surface area contributed by atoms with Gasteiger partial charge >= 0.3 is 0 Å². The Morgan fingerprint density at radius 3 is 2.82 bits per heavy atom. The van der Waals surface area contributed by atoms with E-state index in [2.05, 4.69) is 20.4 Å². The van der Waals surface area contributed by atoms with Crippen LogP contribution in [-0.2, 0) is 5.54 Å². The molecule has 2 heterocycles. The van der Waals surface area contributed by atoms with Gasteiger partial charge in [-0.05, 0) is 25.0 Å². The average molecular weight is 302 g/mol. The third-order valence-electron chi connectivity index (χ3n) is 3.97. The van der Waals surface area contributed by atoms with Gasteiger partial charge in [-0.15, -0.1) is 0 Å². The number of amides is 1. The lowest BCUT2D eigenvalue weighted by Crippen LogP contribution is -2.44. The number of carbonyl (C=O) groups is 1. The Bertz CT molecular complexity index is 677. The number of nitrogens with zero attached hydrogens (tertiary/aromatic N) is 3. The number of ether oxygens (including phenoxy) is 1. The van der Waals surface area contributed by atoms with Crippen molar-refractivity contribution in [3.8, 4) is 5.88 Å². The van der Waals surface area contributed by atoms with E-state index in [1.54, 1.807) is 25.3 Å². The van der Waals surface area contributed by atoms with Crippen LogP contribution in [-0.4, -0.2) is 28.1 Å². The highest BCUT2D eigenvalue weighted by molar-refractivity contribution is 5.96. The molecule has 0 radical (unpaired) electrons. The molecule has 116 valence electrons. The zero-order valence-electron chi connectivity index (χ0n) is 12.6. The summed E-state index contributed by atoms with van der Waals surface area (Å²) in [5, 5.41) is 7.08. The zero-order valence-corrected chi connectivity index (χ0v) is 12.6. The van der Waals surface area contributed by atoms with Gasteiger partial charge in [0.1, 0.15) is 11.1 Å². The van der Waals surface area contributed by atoms with Gasteiger partial charge in [-0.25, -0.2) is 4.98 Å². The number of pyridine rings is 1. The first-order valence-corrected chi connectivity index (χ1v) is 7.27. The van der Waals surface area contributed by atoms with Gasteiger partial charge in [0, 0.05) is 13.1 Å². The molecule has 0 aromatic carbocycles. The lowest BCUT2D eigenvalue weighted by atomic mass is 9.96. The average Bonchev–Trinajstić information content (AvgIpc) is 3.17.